The minimum Gasteiger partial charge on any atom is -0.393 e. The van der Waals surface area contributed by atoms with E-state index in [0.29, 0.717) is 23.5 Å². The fraction of sp³-hybridized carbons (Fsp3) is 0.267. The van der Waals surface area contributed by atoms with E-state index in [1.54, 1.807) is 28.7 Å². The van der Waals surface area contributed by atoms with Gasteiger partial charge in [-0.3, -0.25) is 14.6 Å². The first-order valence-corrected chi connectivity index (χ1v) is 8.45. The first-order chi connectivity index (χ1) is 12.1. The normalized spacial score (nSPS) is 19.2. The molecule has 0 aliphatic heterocycles. The second-order valence-corrected chi connectivity index (χ2v) is 6.60. The number of H-pyrrole nitrogens is 1. The van der Waals surface area contributed by atoms with E-state index in [-0.39, 0.29) is 23.5 Å². The molecule has 1 aliphatic carbocycles. The molecule has 0 radical (unpaired) electrons. The third-order valence-electron chi connectivity index (χ3n) is 4.03. The highest BCUT2D eigenvalue weighted by Gasteiger charge is 2.30. The van der Waals surface area contributed by atoms with Gasteiger partial charge in [0, 0.05) is 17.1 Å². The lowest BCUT2D eigenvalue weighted by molar-refractivity contribution is 0.0434. The van der Waals surface area contributed by atoms with Crippen LogP contribution in [0.4, 0.5) is 5.69 Å². The third kappa shape index (κ3) is 2.90. The van der Waals surface area contributed by atoms with Crippen molar-refractivity contribution in [2.75, 3.05) is 5.32 Å². The van der Waals surface area contributed by atoms with Crippen molar-refractivity contribution < 1.29 is 9.90 Å². The van der Waals surface area contributed by atoms with Gasteiger partial charge in [0.15, 0.2) is 5.69 Å². The summed E-state index contributed by atoms with van der Waals surface area (Å²) < 4.78 is 1.62. The molecule has 0 aromatic carbocycles. The Hall–Kier alpha value is -3.03. The molecule has 0 unspecified atom stereocenters. The van der Waals surface area contributed by atoms with E-state index in [2.05, 4.69) is 25.6 Å². The molecule has 1 fully saturated rings. The van der Waals surface area contributed by atoms with Crippen LogP contribution in [0.15, 0.2) is 24.0 Å². The summed E-state index contributed by atoms with van der Waals surface area (Å²) in [6.45, 7) is 0. The number of thiazole rings is 1. The molecule has 0 bridgehead atoms. The molecule has 126 valence electrons. The van der Waals surface area contributed by atoms with Gasteiger partial charge < -0.3 is 10.4 Å². The van der Waals surface area contributed by atoms with Gasteiger partial charge in [-0.25, -0.2) is 4.98 Å². The summed E-state index contributed by atoms with van der Waals surface area (Å²) in [5.41, 5.74) is 1.54. The van der Waals surface area contributed by atoms with Gasteiger partial charge in [0.05, 0.1) is 30.2 Å². The van der Waals surface area contributed by atoms with Crippen LogP contribution in [0.2, 0.25) is 0 Å². The number of anilines is 1. The van der Waals surface area contributed by atoms with Crippen LogP contribution in [0.1, 0.15) is 35.1 Å². The van der Waals surface area contributed by atoms with Crippen molar-refractivity contribution in [1.29, 1.82) is 5.26 Å². The topological polar surface area (TPSA) is 133 Å². The molecule has 3 aromatic rings. The maximum atomic E-state index is 12.4. The van der Waals surface area contributed by atoms with Gasteiger partial charge >= 0.3 is 0 Å². The number of carbonyl (C=O) groups is 1. The summed E-state index contributed by atoms with van der Waals surface area (Å²) >= 11 is 1.33. The van der Waals surface area contributed by atoms with Crippen molar-refractivity contribution in [2.24, 2.45) is 0 Å². The molecule has 1 amide bonds. The number of aromatic nitrogens is 5. The zero-order valence-corrected chi connectivity index (χ0v) is 13.7. The monoisotopic (exact) mass is 355 g/mol. The van der Waals surface area contributed by atoms with Gasteiger partial charge in [-0.1, -0.05) is 0 Å². The number of amides is 1. The van der Waals surface area contributed by atoms with Gasteiger partial charge in [-0.2, -0.15) is 15.5 Å². The van der Waals surface area contributed by atoms with Crippen LogP contribution in [-0.4, -0.2) is 42.1 Å². The standard InChI is InChI=1S/C15H13N7O2S/c16-3-11-12(6-22(21-11)9-1-10(23)2-9)19-14(24)13-7-25-15(20-13)8-4-17-18-5-8/h4-7,9-10,23H,1-2H2,(H,17,18)(H,19,24). The lowest BCUT2D eigenvalue weighted by Crippen LogP contribution is -2.31. The lowest BCUT2D eigenvalue weighted by Gasteiger charge is -2.31. The number of aliphatic hydroxyl groups excluding tert-OH is 1. The van der Waals surface area contributed by atoms with Crippen LogP contribution < -0.4 is 5.32 Å². The van der Waals surface area contributed by atoms with Crippen LogP contribution in [0, 0.1) is 11.3 Å². The number of nitriles is 1. The van der Waals surface area contributed by atoms with Gasteiger partial charge in [0.1, 0.15) is 16.8 Å². The van der Waals surface area contributed by atoms with Crippen LogP contribution >= 0.6 is 11.3 Å². The molecule has 1 saturated carbocycles. The molecule has 25 heavy (non-hydrogen) atoms. The van der Waals surface area contributed by atoms with Crippen LogP contribution in [0.3, 0.4) is 0 Å². The Labute approximate surface area is 145 Å². The zero-order chi connectivity index (χ0) is 17.4. The van der Waals surface area contributed by atoms with E-state index < -0.39 is 5.91 Å². The number of aliphatic hydroxyl groups is 1. The Morgan fingerprint density at radius 1 is 1.52 bits per heavy atom. The molecule has 3 N–H and O–H groups in total. The average molecular weight is 355 g/mol. The van der Waals surface area contributed by atoms with Crippen molar-refractivity contribution in [3.8, 4) is 16.6 Å². The molecule has 3 heterocycles. The summed E-state index contributed by atoms with van der Waals surface area (Å²) in [4.78, 5) is 16.7. The van der Waals surface area contributed by atoms with E-state index in [4.69, 9.17) is 0 Å². The number of carbonyl (C=O) groups excluding carboxylic acids is 1. The number of nitrogens with one attached hydrogen (secondary N) is 2. The second kappa shape index (κ2) is 6.12. The van der Waals surface area contributed by atoms with Crippen molar-refractivity contribution in [2.45, 2.75) is 25.0 Å². The molecule has 0 spiro atoms. The van der Waals surface area contributed by atoms with Crippen LogP contribution in [0.5, 0.6) is 0 Å². The largest absolute Gasteiger partial charge is 0.393 e. The van der Waals surface area contributed by atoms with Crippen molar-refractivity contribution >= 4 is 22.9 Å². The Morgan fingerprint density at radius 2 is 2.36 bits per heavy atom. The fourth-order valence-electron chi connectivity index (χ4n) is 2.59. The predicted octanol–water partition coefficient (Wildman–Crippen LogP) is 1.55. The Kier molecular flexibility index (Phi) is 3.79. The lowest BCUT2D eigenvalue weighted by atomic mass is 9.90. The fourth-order valence-corrected chi connectivity index (χ4v) is 3.37. The van der Waals surface area contributed by atoms with E-state index >= 15 is 0 Å². The number of hydrogen-bond acceptors (Lipinski definition) is 7. The van der Waals surface area contributed by atoms with Crippen LogP contribution in [0.25, 0.3) is 10.6 Å². The van der Waals surface area contributed by atoms with Gasteiger partial charge in [-0.15, -0.1) is 11.3 Å². The highest BCUT2D eigenvalue weighted by Crippen LogP contribution is 2.33. The molecule has 9 nitrogen and oxygen atoms in total. The van der Waals surface area contributed by atoms with Crippen molar-refractivity contribution in [3.05, 3.63) is 35.4 Å². The SMILES string of the molecule is N#Cc1nn(C2CC(O)C2)cc1NC(=O)c1csc(-c2cn[nH]c2)n1. The highest BCUT2D eigenvalue weighted by molar-refractivity contribution is 7.13. The van der Waals surface area contributed by atoms with Gasteiger partial charge in [-0.05, 0) is 12.8 Å². The van der Waals surface area contributed by atoms with E-state index in [1.165, 1.54) is 11.3 Å². The smallest absolute Gasteiger partial charge is 0.275 e. The number of hydrogen-bond donors (Lipinski definition) is 3. The molecule has 0 atom stereocenters. The summed E-state index contributed by atoms with van der Waals surface area (Å²) in [6, 6.07) is 2.03. The minimum atomic E-state index is -0.407. The predicted molar refractivity (Wildman–Crippen MR) is 88.9 cm³/mol. The zero-order valence-electron chi connectivity index (χ0n) is 12.9. The Balaban J connectivity index is 1.52. The first kappa shape index (κ1) is 15.5. The molecule has 1 aliphatic rings. The molecular formula is C15H13N7O2S. The van der Waals surface area contributed by atoms with Gasteiger partial charge in [0.25, 0.3) is 5.91 Å². The van der Waals surface area contributed by atoms with E-state index in [9.17, 15) is 15.2 Å². The highest BCUT2D eigenvalue weighted by atomic mass is 32.1. The number of aromatic amines is 1. The van der Waals surface area contributed by atoms with Gasteiger partial charge in [0.2, 0.25) is 0 Å². The van der Waals surface area contributed by atoms with E-state index in [0.717, 1.165) is 5.56 Å². The maximum absolute atomic E-state index is 12.4. The summed E-state index contributed by atoms with van der Waals surface area (Å²) in [5.74, 6) is -0.407. The molecule has 3 aromatic heterocycles. The minimum absolute atomic E-state index is 0.0553. The summed E-state index contributed by atoms with van der Waals surface area (Å²) in [7, 11) is 0. The summed E-state index contributed by atoms with van der Waals surface area (Å²) in [5, 5.41) is 34.4. The van der Waals surface area contributed by atoms with Crippen molar-refractivity contribution in [1.82, 2.24) is 25.0 Å². The quantitative estimate of drug-likeness (QED) is 0.650. The Bertz CT molecular complexity index is 947. The second-order valence-electron chi connectivity index (χ2n) is 5.74. The maximum Gasteiger partial charge on any atom is 0.275 e. The van der Waals surface area contributed by atoms with Crippen LogP contribution in [-0.2, 0) is 0 Å². The molecular weight excluding hydrogens is 342 g/mol. The van der Waals surface area contributed by atoms with E-state index in [1.807, 2.05) is 6.07 Å². The molecule has 0 saturated heterocycles. The Morgan fingerprint density at radius 3 is 3.04 bits per heavy atom. The molecule has 4 rings (SSSR count). The van der Waals surface area contributed by atoms with Crippen molar-refractivity contribution in [3.63, 3.8) is 0 Å². The average Bonchev–Trinajstić information content (AvgIpc) is 3.30. The number of nitrogens with zero attached hydrogens (tertiary/aromatic N) is 5. The third-order valence-corrected chi connectivity index (χ3v) is 4.92. The first-order valence-electron chi connectivity index (χ1n) is 7.57. The summed E-state index contributed by atoms with van der Waals surface area (Å²) in [6.07, 6.45) is 5.82. The molecule has 10 heteroatoms. The number of rotatable bonds is 4.